The Kier molecular flexibility index (Phi) is 7.89. The molecule has 0 saturated carbocycles. The Morgan fingerprint density at radius 3 is 2.76 bits per heavy atom. The number of para-hydroxylation sites is 1. The van der Waals surface area contributed by atoms with Crippen molar-refractivity contribution in [3.63, 3.8) is 0 Å². The van der Waals surface area contributed by atoms with Gasteiger partial charge in [-0.15, -0.1) is 36.2 Å². The fraction of sp³-hybridized carbons (Fsp3) is 0.294. The topological polar surface area (TPSA) is 75.0 Å². The number of likely N-dealkylation sites (N-methyl/N-ethyl adjacent to an activating group) is 1. The molecule has 1 atom stereocenters. The Labute approximate surface area is 163 Å². The summed E-state index contributed by atoms with van der Waals surface area (Å²) in [5, 5.41) is 4.10. The van der Waals surface area contributed by atoms with E-state index in [9.17, 15) is 4.79 Å². The number of aromatic nitrogens is 2. The fourth-order valence-electron chi connectivity index (χ4n) is 2.71. The summed E-state index contributed by atoms with van der Waals surface area (Å²) in [6.45, 7) is 2.45. The number of aryl methyl sites for hydroxylation is 1. The van der Waals surface area contributed by atoms with Crippen molar-refractivity contribution >= 4 is 53.0 Å². The second kappa shape index (κ2) is 9.20. The number of nitrogens with two attached hydrogens (primary N) is 1. The van der Waals surface area contributed by atoms with E-state index in [1.807, 2.05) is 42.8 Å². The van der Waals surface area contributed by atoms with Gasteiger partial charge in [0.1, 0.15) is 0 Å². The molecule has 3 rings (SSSR count). The number of nitrogens with zero attached hydrogens (tertiary/aromatic N) is 2. The first-order valence-electron chi connectivity index (χ1n) is 7.51. The molecule has 0 unspecified atom stereocenters. The lowest BCUT2D eigenvalue weighted by Crippen LogP contribution is -2.42. The lowest BCUT2D eigenvalue weighted by molar-refractivity contribution is -0.131. The lowest BCUT2D eigenvalue weighted by atomic mass is 10.0. The lowest BCUT2D eigenvalue weighted by Gasteiger charge is -2.20. The average molecular weight is 401 g/mol. The van der Waals surface area contributed by atoms with Crippen LogP contribution in [0.4, 0.5) is 0 Å². The minimum Gasteiger partial charge on any atom is -0.361 e. The molecule has 0 fully saturated rings. The number of carbonyl (C=O) groups excluding carboxylic acids is 1. The number of thiazole rings is 1. The minimum absolute atomic E-state index is 0. The van der Waals surface area contributed by atoms with Gasteiger partial charge in [0.05, 0.1) is 23.3 Å². The van der Waals surface area contributed by atoms with E-state index in [0.29, 0.717) is 13.0 Å². The van der Waals surface area contributed by atoms with Gasteiger partial charge in [0.25, 0.3) is 0 Å². The molecule has 2 aromatic heterocycles. The molecule has 1 amide bonds. The van der Waals surface area contributed by atoms with Crippen LogP contribution in [-0.2, 0) is 17.8 Å². The number of H-pyrrole nitrogens is 1. The molecule has 8 heteroatoms. The monoisotopic (exact) mass is 400 g/mol. The van der Waals surface area contributed by atoms with Gasteiger partial charge >= 0.3 is 0 Å². The van der Waals surface area contributed by atoms with Crippen LogP contribution in [0.2, 0.25) is 0 Å². The molecule has 0 spiro atoms. The summed E-state index contributed by atoms with van der Waals surface area (Å²) in [6, 6.07) is 7.48. The summed E-state index contributed by atoms with van der Waals surface area (Å²) in [7, 11) is 1.77. The van der Waals surface area contributed by atoms with Crippen molar-refractivity contribution in [1.29, 1.82) is 0 Å². The highest BCUT2D eigenvalue weighted by molar-refractivity contribution is 7.09. The van der Waals surface area contributed by atoms with E-state index >= 15 is 0 Å². The van der Waals surface area contributed by atoms with Gasteiger partial charge in [-0.05, 0) is 25.0 Å². The number of nitrogens with one attached hydrogen (secondary N) is 1. The zero-order valence-electron chi connectivity index (χ0n) is 14.1. The Morgan fingerprint density at radius 1 is 1.36 bits per heavy atom. The van der Waals surface area contributed by atoms with Gasteiger partial charge in [0, 0.05) is 29.5 Å². The molecule has 0 saturated heterocycles. The number of carbonyl (C=O) groups is 1. The van der Waals surface area contributed by atoms with Gasteiger partial charge in [-0.25, -0.2) is 4.98 Å². The summed E-state index contributed by atoms with van der Waals surface area (Å²) in [4.78, 5) is 21.7. The zero-order chi connectivity index (χ0) is 16.4. The molecular formula is C17H22Cl2N4OS. The molecule has 2 heterocycles. The molecule has 0 aliphatic heterocycles. The smallest absolute Gasteiger partial charge is 0.239 e. The van der Waals surface area contributed by atoms with Crippen molar-refractivity contribution in [3.8, 4) is 0 Å². The summed E-state index contributed by atoms with van der Waals surface area (Å²) in [5.74, 6) is -0.0686. The van der Waals surface area contributed by atoms with Crippen molar-refractivity contribution in [1.82, 2.24) is 14.9 Å². The molecular weight excluding hydrogens is 379 g/mol. The maximum atomic E-state index is 12.5. The van der Waals surface area contributed by atoms with Gasteiger partial charge < -0.3 is 15.6 Å². The molecule has 0 aliphatic carbocycles. The maximum absolute atomic E-state index is 12.5. The largest absolute Gasteiger partial charge is 0.361 e. The summed E-state index contributed by atoms with van der Waals surface area (Å²) in [6.07, 6.45) is 2.45. The van der Waals surface area contributed by atoms with Crippen LogP contribution in [0.3, 0.4) is 0 Å². The second-order valence-corrected chi connectivity index (χ2v) is 6.78. The molecule has 25 heavy (non-hydrogen) atoms. The van der Waals surface area contributed by atoms with E-state index in [0.717, 1.165) is 27.2 Å². The van der Waals surface area contributed by atoms with Crippen LogP contribution in [0, 0.1) is 6.92 Å². The van der Waals surface area contributed by atoms with Crippen LogP contribution in [0.25, 0.3) is 10.9 Å². The van der Waals surface area contributed by atoms with E-state index in [4.69, 9.17) is 5.73 Å². The van der Waals surface area contributed by atoms with E-state index in [1.54, 1.807) is 23.3 Å². The van der Waals surface area contributed by atoms with Gasteiger partial charge in [0.2, 0.25) is 5.91 Å². The molecule has 3 N–H and O–H groups in total. The van der Waals surface area contributed by atoms with E-state index in [1.165, 1.54) is 0 Å². The molecule has 0 radical (unpaired) electrons. The molecule has 1 aromatic carbocycles. The fourth-order valence-corrected chi connectivity index (χ4v) is 3.31. The zero-order valence-corrected chi connectivity index (χ0v) is 16.5. The summed E-state index contributed by atoms with van der Waals surface area (Å²) in [5.41, 5.74) is 9.17. The number of hydrogen-bond acceptors (Lipinski definition) is 4. The predicted molar refractivity (Wildman–Crippen MR) is 108 cm³/mol. The average Bonchev–Trinajstić information content (AvgIpc) is 3.13. The maximum Gasteiger partial charge on any atom is 0.239 e. The number of fused-ring (bicyclic) bond motifs is 1. The number of hydrogen-bond donors (Lipinski definition) is 2. The summed E-state index contributed by atoms with van der Waals surface area (Å²) >= 11 is 1.59. The first-order chi connectivity index (χ1) is 11.0. The van der Waals surface area contributed by atoms with Crippen molar-refractivity contribution in [2.45, 2.75) is 25.9 Å². The van der Waals surface area contributed by atoms with Crippen LogP contribution in [0.15, 0.2) is 35.8 Å². The minimum atomic E-state index is -0.557. The highest BCUT2D eigenvalue weighted by Gasteiger charge is 2.20. The summed E-state index contributed by atoms with van der Waals surface area (Å²) < 4.78 is 0. The molecule has 0 bridgehead atoms. The van der Waals surface area contributed by atoms with Gasteiger partial charge in [-0.1, -0.05) is 18.2 Å². The second-order valence-electron chi connectivity index (χ2n) is 5.72. The third-order valence-corrected chi connectivity index (χ3v) is 4.70. The number of benzene rings is 1. The first kappa shape index (κ1) is 21.4. The van der Waals surface area contributed by atoms with Gasteiger partial charge in [-0.2, -0.15) is 0 Å². The Bertz CT molecular complexity index is 833. The number of aromatic amines is 1. The van der Waals surface area contributed by atoms with Crippen molar-refractivity contribution in [2.24, 2.45) is 5.73 Å². The SMILES string of the molecule is Cc1nc(CN(C)C(=O)[C@@H](N)Cc2c[nH]c3ccccc23)cs1.Cl.Cl. The quantitative estimate of drug-likeness (QED) is 0.689. The highest BCUT2D eigenvalue weighted by Crippen LogP contribution is 2.19. The predicted octanol–water partition coefficient (Wildman–Crippen LogP) is 3.30. The van der Waals surface area contributed by atoms with Crippen LogP contribution < -0.4 is 5.73 Å². The number of rotatable bonds is 5. The molecule has 136 valence electrons. The van der Waals surface area contributed by atoms with Crippen LogP contribution in [0.5, 0.6) is 0 Å². The highest BCUT2D eigenvalue weighted by atomic mass is 35.5. The van der Waals surface area contributed by atoms with Gasteiger partial charge in [-0.3, -0.25) is 4.79 Å². The van der Waals surface area contributed by atoms with E-state index in [-0.39, 0.29) is 30.7 Å². The molecule has 0 aliphatic rings. The third-order valence-electron chi connectivity index (χ3n) is 3.87. The van der Waals surface area contributed by atoms with Crippen LogP contribution in [-0.4, -0.2) is 33.9 Å². The molecule has 3 aromatic rings. The van der Waals surface area contributed by atoms with E-state index < -0.39 is 6.04 Å². The van der Waals surface area contributed by atoms with E-state index in [2.05, 4.69) is 9.97 Å². The Balaban J connectivity index is 0.00000156. The van der Waals surface area contributed by atoms with Crippen molar-refractivity contribution < 1.29 is 4.79 Å². The van der Waals surface area contributed by atoms with Crippen LogP contribution >= 0.6 is 36.2 Å². The number of amides is 1. The standard InChI is InChI=1S/C17H20N4OS.2ClH/c1-11-20-13(10-23-11)9-21(2)17(22)15(18)7-12-8-19-16-6-4-3-5-14(12)16;;/h3-6,8,10,15,19H,7,9,18H2,1-2H3;2*1H/t15-;;/m0../s1. The van der Waals surface area contributed by atoms with Crippen LogP contribution in [0.1, 0.15) is 16.3 Å². The Morgan fingerprint density at radius 2 is 2.08 bits per heavy atom. The number of halogens is 2. The third kappa shape index (κ3) is 4.95. The van der Waals surface area contributed by atoms with Crippen molar-refractivity contribution in [3.05, 3.63) is 52.1 Å². The first-order valence-corrected chi connectivity index (χ1v) is 8.39. The normalized spacial score (nSPS) is 11.5. The molecule has 5 nitrogen and oxygen atoms in total. The van der Waals surface area contributed by atoms with Crippen molar-refractivity contribution in [2.75, 3.05) is 7.05 Å². The van der Waals surface area contributed by atoms with Gasteiger partial charge in [0.15, 0.2) is 0 Å². The Hall–Kier alpha value is -1.60.